The third-order valence-electron chi connectivity index (χ3n) is 3.48. The molecule has 2 fully saturated rings. The Morgan fingerprint density at radius 3 is 2.88 bits per heavy atom. The molecule has 17 heavy (non-hydrogen) atoms. The van der Waals surface area contributed by atoms with E-state index in [4.69, 9.17) is 9.47 Å². The molecule has 0 amide bonds. The maximum Gasteiger partial charge on any atom is 0.0620 e. The van der Waals surface area contributed by atoms with E-state index in [0.717, 1.165) is 39.4 Å². The van der Waals surface area contributed by atoms with Crippen molar-refractivity contribution in [2.75, 3.05) is 33.0 Å². The monoisotopic (exact) mass is 317 g/mol. The summed E-state index contributed by atoms with van der Waals surface area (Å²) in [7, 11) is 0. The van der Waals surface area contributed by atoms with Crippen molar-refractivity contribution in [1.29, 1.82) is 0 Å². The molecular weight excluding hydrogens is 302 g/mol. The van der Waals surface area contributed by atoms with Gasteiger partial charge < -0.3 is 14.8 Å². The van der Waals surface area contributed by atoms with Crippen molar-refractivity contribution < 1.29 is 9.47 Å². The van der Waals surface area contributed by atoms with Crippen LogP contribution in [0, 0.1) is 0 Å². The maximum absolute atomic E-state index is 5.53. The highest BCUT2D eigenvalue weighted by atomic mass is 79.9. The molecule has 1 atom stereocenters. The number of morpholine rings is 1. The molecule has 1 aromatic rings. The van der Waals surface area contributed by atoms with E-state index in [2.05, 4.69) is 32.7 Å². The lowest BCUT2D eigenvalue weighted by Gasteiger charge is -2.43. The van der Waals surface area contributed by atoms with Gasteiger partial charge in [-0.05, 0) is 28.4 Å². The van der Waals surface area contributed by atoms with E-state index < -0.39 is 0 Å². The van der Waals surface area contributed by atoms with Gasteiger partial charge >= 0.3 is 0 Å². The van der Waals surface area contributed by atoms with E-state index in [0.29, 0.717) is 6.04 Å². The number of rotatable bonds is 3. The first-order valence-electron chi connectivity index (χ1n) is 5.92. The number of thiophene rings is 1. The SMILES string of the molecule is Brc1csc(C2(CC3COCCN3)COC2)c1. The molecular formula is C12H16BrNO2S. The van der Waals surface area contributed by atoms with Crippen LogP contribution < -0.4 is 5.32 Å². The number of hydrogen-bond donors (Lipinski definition) is 1. The lowest BCUT2D eigenvalue weighted by atomic mass is 9.78. The van der Waals surface area contributed by atoms with Crippen molar-refractivity contribution in [1.82, 2.24) is 5.32 Å². The second-order valence-corrected chi connectivity index (χ2v) is 6.66. The molecule has 1 unspecified atom stereocenters. The fourth-order valence-electron chi connectivity index (χ4n) is 2.52. The number of nitrogens with one attached hydrogen (secondary N) is 1. The van der Waals surface area contributed by atoms with Gasteiger partial charge in [0.05, 0.1) is 31.8 Å². The van der Waals surface area contributed by atoms with Gasteiger partial charge in [0.15, 0.2) is 0 Å². The Balaban J connectivity index is 1.73. The Kier molecular flexibility index (Phi) is 3.54. The molecule has 2 aliphatic rings. The molecule has 2 aliphatic heterocycles. The molecule has 94 valence electrons. The minimum atomic E-state index is 0.217. The Morgan fingerprint density at radius 2 is 2.35 bits per heavy atom. The lowest BCUT2D eigenvalue weighted by Crippen LogP contribution is -2.53. The van der Waals surface area contributed by atoms with E-state index in [1.807, 2.05) is 11.3 Å². The minimum Gasteiger partial charge on any atom is -0.379 e. The van der Waals surface area contributed by atoms with Gasteiger partial charge in [0.25, 0.3) is 0 Å². The van der Waals surface area contributed by atoms with Crippen LogP contribution in [0.5, 0.6) is 0 Å². The summed E-state index contributed by atoms with van der Waals surface area (Å²) in [4.78, 5) is 1.43. The zero-order valence-corrected chi connectivity index (χ0v) is 12.0. The van der Waals surface area contributed by atoms with E-state index in [1.54, 1.807) is 0 Å². The lowest BCUT2D eigenvalue weighted by molar-refractivity contribution is -0.0735. The molecule has 0 aliphatic carbocycles. The molecule has 0 radical (unpaired) electrons. The zero-order valence-electron chi connectivity index (χ0n) is 9.58. The molecule has 3 heterocycles. The number of hydrogen-bond acceptors (Lipinski definition) is 4. The van der Waals surface area contributed by atoms with Gasteiger partial charge in [-0.2, -0.15) is 0 Å². The number of halogens is 1. The predicted molar refractivity (Wildman–Crippen MR) is 71.7 cm³/mol. The van der Waals surface area contributed by atoms with Crippen molar-refractivity contribution in [2.45, 2.75) is 17.9 Å². The molecule has 0 bridgehead atoms. The molecule has 2 saturated heterocycles. The second-order valence-electron chi connectivity index (χ2n) is 4.83. The summed E-state index contributed by atoms with van der Waals surface area (Å²) >= 11 is 5.36. The fraction of sp³-hybridized carbons (Fsp3) is 0.667. The first kappa shape index (κ1) is 12.1. The third kappa shape index (κ3) is 2.44. The van der Waals surface area contributed by atoms with E-state index in [-0.39, 0.29) is 5.41 Å². The summed E-state index contributed by atoms with van der Waals surface area (Å²) in [5.41, 5.74) is 0.217. The van der Waals surface area contributed by atoms with Crippen molar-refractivity contribution in [3.63, 3.8) is 0 Å². The van der Waals surface area contributed by atoms with Crippen LogP contribution in [0.15, 0.2) is 15.9 Å². The van der Waals surface area contributed by atoms with Gasteiger partial charge in [-0.25, -0.2) is 0 Å². The average molecular weight is 318 g/mol. The maximum atomic E-state index is 5.53. The summed E-state index contributed by atoms with van der Waals surface area (Å²) in [5, 5.41) is 5.68. The quantitative estimate of drug-likeness (QED) is 0.926. The van der Waals surface area contributed by atoms with Crippen LogP contribution in [-0.2, 0) is 14.9 Å². The third-order valence-corrected chi connectivity index (χ3v) is 5.42. The Morgan fingerprint density at radius 1 is 1.47 bits per heavy atom. The van der Waals surface area contributed by atoms with Gasteiger partial charge in [0.1, 0.15) is 0 Å². The summed E-state index contributed by atoms with van der Waals surface area (Å²) in [5.74, 6) is 0. The van der Waals surface area contributed by atoms with Crippen LogP contribution in [0.3, 0.4) is 0 Å². The predicted octanol–water partition coefficient (Wildman–Crippen LogP) is 2.16. The van der Waals surface area contributed by atoms with Gasteiger partial charge in [0, 0.05) is 27.3 Å². The number of ether oxygens (including phenoxy) is 2. The summed E-state index contributed by atoms with van der Waals surface area (Å²) < 4.78 is 12.2. The molecule has 1 N–H and O–H groups in total. The van der Waals surface area contributed by atoms with Crippen LogP contribution in [0.1, 0.15) is 11.3 Å². The average Bonchev–Trinajstić information content (AvgIpc) is 2.72. The van der Waals surface area contributed by atoms with E-state index in [1.165, 1.54) is 9.35 Å². The molecule has 0 spiro atoms. The second kappa shape index (κ2) is 4.97. The molecule has 0 aromatic carbocycles. The molecule has 0 saturated carbocycles. The van der Waals surface area contributed by atoms with E-state index >= 15 is 0 Å². The van der Waals surface area contributed by atoms with Crippen molar-refractivity contribution in [3.05, 3.63) is 20.8 Å². The normalized spacial score (nSPS) is 27.7. The highest BCUT2D eigenvalue weighted by molar-refractivity contribution is 9.10. The highest BCUT2D eigenvalue weighted by Gasteiger charge is 2.43. The first-order chi connectivity index (χ1) is 8.28. The minimum absolute atomic E-state index is 0.217. The molecule has 1 aromatic heterocycles. The van der Waals surface area contributed by atoms with Crippen molar-refractivity contribution in [2.24, 2.45) is 0 Å². The molecule has 5 heteroatoms. The van der Waals surface area contributed by atoms with Crippen molar-refractivity contribution in [3.8, 4) is 0 Å². The summed E-state index contributed by atoms with van der Waals surface area (Å²) in [6.45, 7) is 4.32. The summed E-state index contributed by atoms with van der Waals surface area (Å²) in [6.07, 6.45) is 1.11. The van der Waals surface area contributed by atoms with Crippen molar-refractivity contribution >= 4 is 27.3 Å². The highest BCUT2D eigenvalue weighted by Crippen LogP contribution is 2.41. The Labute approximate surface area is 114 Å². The van der Waals surface area contributed by atoms with Gasteiger partial charge in [0.2, 0.25) is 0 Å². The molecule has 3 nitrogen and oxygen atoms in total. The van der Waals surface area contributed by atoms with Gasteiger partial charge in [-0.3, -0.25) is 0 Å². The summed E-state index contributed by atoms with van der Waals surface area (Å²) in [6, 6.07) is 2.70. The zero-order chi connectivity index (χ0) is 11.7. The Hall–Kier alpha value is 0.0600. The standard InChI is InChI=1S/C12H16BrNO2S/c13-9-3-11(17-6-9)12(7-16-8-12)4-10-5-15-2-1-14-10/h3,6,10,14H,1-2,4-5,7-8H2. The molecule has 3 rings (SSSR count). The van der Waals surface area contributed by atoms with Crippen LogP contribution >= 0.6 is 27.3 Å². The van der Waals surface area contributed by atoms with Crippen LogP contribution in [0.2, 0.25) is 0 Å². The van der Waals surface area contributed by atoms with Gasteiger partial charge in [-0.1, -0.05) is 0 Å². The van der Waals surface area contributed by atoms with Crippen LogP contribution in [-0.4, -0.2) is 39.0 Å². The topological polar surface area (TPSA) is 30.5 Å². The van der Waals surface area contributed by atoms with Crippen LogP contribution in [0.25, 0.3) is 0 Å². The van der Waals surface area contributed by atoms with Gasteiger partial charge in [-0.15, -0.1) is 11.3 Å². The first-order valence-corrected chi connectivity index (χ1v) is 7.59. The smallest absolute Gasteiger partial charge is 0.0620 e. The van der Waals surface area contributed by atoms with E-state index in [9.17, 15) is 0 Å². The Bertz CT molecular complexity index is 386. The largest absolute Gasteiger partial charge is 0.379 e. The van der Waals surface area contributed by atoms with Crippen LogP contribution in [0.4, 0.5) is 0 Å². The fourth-order valence-corrected chi connectivity index (χ4v) is 4.14.